The van der Waals surface area contributed by atoms with Gasteiger partial charge in [-0.2, -0.15) is 0 Å². The number of hydrogen-bond donors (Lipinski definition) is 1. The molecule has 17 heavy (non-hydrogen) atoms. The lowest BCUT2D eigenvalue weighted by Gasteiger charge is -2.09. The predicted octanol–water partition coefficient (Wildman–Crippen LogP) is 2.35. The van der Waals surface area contributed by atoms with Crippen LogP contribution in [0.3, 0.4) is 0 Å². The molecule has 1 heterocycles. The topological polar surface area (TPSA) is 54.9 Å². The normalized spacial score (nSPS) is 10.0. The lowest BCUT2D eigenvalue weighted by Crippen LogP contribution is -2.14. The van der Waals surface area contributed by atoms with Crippen LogP contribution >= 0.6 is 0 Å². The summed E-state index contributed by atoms with van der Waals surface area (Å²) in [6, 6.07) is 5.79. The van der Waals surface area contributed by atoms with Crippen LogP contribution in [0.1, 0.15) is 21.6 Å². The van der Waals surface area contributed by atoms with Crippen LogP contribution in [0.25, 0.3) is 0 Å². The summed E-state index contributed by atoms with van der Waals surface area (Å²) in [5, 5.41) is 2.83. The van der Waals surface area contributed by atoms with Crippen molar-refractivity contribution >= 4 is 11.6 Å². The minimum absolute atomic E-state index is 0.244. The average molecular weight is 227 g/mol. The fourth-order valence-electron chi connectivity index (χ4n) is 1.49. The van der Waals surface area contributed by atoms with Gasteiger partial charge in [-0.05, 0) is 31.0 Å². The number of anilines is 1. The summed E-state index contributed by atoms with van der Waals surface area (Å²) in [4.78, 5) is 19.7. The molecule has 0 aliphatic heterocycles. The Morgan fingerprint density at radius 3 is 2.76 bits per heavy atom. The van der Waals surface area contributed by atoms with Crippen LogP contribution in [0.4, 0.5) is 5.69 Å². The Bertz CT molecular complexity index is 538. The highest BCUT2D eigenvalue weighted by Gasteiger charge is 2.09. The summed E-state index contributed by atoms with van der Waals surface area (Å²) in [6.45, 7) is 3.98. The third kappa shape index (κ3) is 2.47. The van der Waals surface area contributed by atoms with Crippen molar-refractivity contribution in [2.75, 3.05) is 5.32 Å². The molecule has 0 bridgehead atoms. The van der Waals surface area contributed by atoms with E-state index in [0.717, 1.165) is 16.8 Å². The molecule has 2 aromatic rings. The zero-order valence-electron chi connectivity index (χ0n) is 9.77. The van der Waals surface area contributed by atoms with Gasteiger partial charge in [0, 0.05) is 18.1 Å². The fourth-order valence-corrected chi connectivity index (χ4v) is 1.49. The molecule has 0 fully saturated rings. The predicted molar refractivity (Wildman–Crippen MR) is 65.9 cm³/mol. The van der Waals surface area contributed by atoms with Crippen LogP contribution in [-0.4, -0.2) is 15.9 Å². The Balaban J connectivity index is 2.22. The molecule has 0 radical (unpaired) electrons. The lowest BCUT2D eigenvalue weighted by atomic mass is 10.1. The van der Waals surface area contributed by atoms with E-state index in [4.69, 9.17) is 0 Å². The number of carbonyl (C=O) groups excluding carboxylic acids is 1. The van der Waals surface area contributed by atoms with E-state index in [9.17, 15) is 4.79 Å². The number of aryl methyl sites for hydroxylation is 1. The summed E-state index contributed by atoms with van der Waals surface area (Å²) in [6.07, 6.45) is 4.48. The Kier molecular flexibility index (Phi) is 3.14. The molecule has 0 saturated heterocycles. The molecule has 0 saturated carbocycles. The van der Waals surface area contributed by atoms with Crippen molar-refractivity contribution in [1.82, 2.24) is 9.97 Å². The molecule has 1 aromatic heterocycles. The second kappa shape index (κ2) is 4.74. The second-order valence-corrected chi connectivity index (χ2v) is 3.79. The lowest BCUT2D eigenvalue weighted by molar-refractivity contribution is 0.102. The maximum Gasteiger partial charge on any atom is 0.275 e. The van der Waals surface area contributed by atoms with E-state index < -0.39 is 0 Å². The molecule has 86 valence electrons. The Morgan fingerprint density at radius 1 is 1.24 bits per heavy atom. The minimum Gasteiger partial charge on any atom is -0.320 e. The van der Waals surface area contributed by atoms with Gasteiger partial charge < -0.3 is 5.32 Å². The third-order valence-electron chi connectivity index (χ3n) is 2.65. The van der Waals surface area contributed by atoms with Gasteiger partial charge in [-0.1, -0.05) is 12.1 Å². The molecular formula is C13H13N3O. The smallest absolute Gasteiger partial charge is 0.275 e. The van der Waals surface area contributed by atoms with E-state index in [0.29, 0.717) is 5.69 Å². The van der Waals surface area contributed by atoms with Gasteiger partial charge in [0.25, 0.3) is 5.91 Å². The van der Waals surface area contributed by atoms with Crippen molar-refractivity contribution < 1.29 is 4.79 Å². The van der Waals surface area contributed by atoms with E-state index in [-0.39, 0.29) is 5.91 Å². The molecule has 2 rings (SSSR count). The molecule has 0 unspecified atom stereocenters. The molecule has 0 spiro atoms. The van der Waals surface area contributed by atoms with Crippen molar-refractivity contribution in [3.05, 3.63) is 53.6 Å². The van der Waals surface area contributed by atoms with Gasteiger partial charge in [-0.15, -0.1) is 0 Å². The fraction of sp³-hybridized carbons (Fsp3) is 0.154. The number of nitrogens with one attached hydrogen (secondary N) is 1. The van der Waals surface area contributed by atoms with Crippen molar-refractivity contribution in [2.45, 2.75) is 13.8 Å². The third-order valence-corrected chi connectivity index (χ3v) is 2.65. The molecule has 0 atom stereocenters. The van der Waals surface area contributed by atoms with Crippen LogP contribution in [0.5, 0.6) is 0 Å². The van der Waals surface area contributed by atoms with E-state index >= 15 is 0 Å². The van der Waals surface area contributed by atoms with Gasteiger partial charge >= 0.3 is 0 Å². The van der Waals surface area contributed by atoms with Crippen LogP contribution in [0.15, 0.2) is 36.8 Å². The maximum atomic E-state index is 11.9. The van der Waals surface area contributed by atoms with Crippen molar-refractivity contribution in [1.29, 1.82) is 0 Å². The first-order valence-corrected chi connectivity index (χ1v) is 5.32. The van der Waals surface area contributed by atoms with Crippen molar-refractivity contribution in [3.63, 3.8) is 0 Å². The summed E-state index contributed by atoms with van der Waals surface area (Å²) in [5.41, 5.74) is 3.32. The molecule has 1 aromatic carbocycles. The van der Waals surface area contributed by atoms with E-state index in [1.807, 2.05) is 32.0 Å². The molecule has 4 heteroatoms. The number of rotatable bonds is 2. The van der Waals surface area contributed by atoms with E-state index in [1.54, 1.807) is 0 Å². The van der Waals surface area contributed by atoms with Crippen LogP contribution in [0.2, 0.25) is 0 Å². The zero-order chi connectivity index (χ0) is 12.3. The zero-order valence-corrected chi connectivity index (χ0v) is 9.77. The van der Waals surface area contributed by atoms with Gasteiger partial charge in [0.2, 0.25) is 0 Å². The summed E-state index contributed by atoms with van der Waals surface area (Å²) < 4.78 is 0. The van der Waals surface area contributed by atoms with Gasteiger partial charge in [-0.25, -0.2) is 4.98 Å². The monoisotopic (exact) mass is 227 g/mol. The number of amides is 1. The van der Waals surface area contributed by atoms with Crippen molar-refractivity contribution in [3.8, 4) is 0 Å². The first kappa shape index (κ1) is 11.3. The highest BCUT2D eigenvalue weighted by atomic mass is 16.1. The van der Waals surface area contributed by atoms with E-state index in [1.165, 1.54) is 18.6 Å². The Hall–Kier alpha value is -2.23. The van der Waals surface area contributed by atoms with Gasteiger partial charge in [0.1, 0.15) is 5.69 Å². The first-order valence-electron chi connectivity index (χ1n) is 5.32. The number of aromatic nitrogens is 2. The maximum absolute atomic E-state index is 11.9. The quantitative estimate of drug-likeness (QED) is 0.856. The molecule has 1 amide bonds. The number of hydrogen-bond acceptors (Lipinski definition) is 3. The Morgan fingerprint density at radius 2 is 2.06 bits per heavy atom. The second-order valence-electron chi connectivity index (χ2n) is 3.79. The van der Waals surface area contributed by atoms with Gasteiger partial charge in [0.05, 0.1) is 6.20 Å². The van der Waals surface area contributed by atoms with Crippen LogP contribution in [-0.2, 0) is 0 Å². The minimum atomic E-state index is -0.244. The molecule has 0 aliphatic rings. The Labute approximate surface area is 99.7 Å². The first-order chi connectivity index (χ1) is 8.18. The molecule has 0 aliphatic carbocycles. The number of carbonyl (C=O) groups is 1. The summed E-state index contributed by atoms with van der Waals surface area (Å²) in [5.74, 6) is -0.244. The van der Waals surface area contributed by atoms with Gasteiger partial charge in [0.15, 0.2) is 0 Å². The average Bonchev–Trinajstić information content (AvgIpc) is 2.36. The van der Waals surface area contributed by atoms with E-state index in [2.05, 4.69) is 15.3 Å². The van der Waals surface area contributed by atoms with Crippen molar-refractivity contribution in [2.24, 2.45) is 0 Å². The van der Waals surface area contributed by atoms with Gasteiger partial charge in [-0.3, -0.25) is 9.78 Å². The highest BCUT2D eigenvalue weighted by Crippen LogP contribution is 2.18. The highest BCUT2D eigenvalue weighted by molar-refractivity contribution is 6.03. The standard InChI is InChI=1S/C13H13N3O/c1-9-4-3-5-11(10(9)2)16-13(17)12-8-14-6-7-15-12/h3-8H,1-2H3,(H,16,17). The summed E-state index contributed by atoms with van der Waals surface area (Å²) >= 11 is 0. The largest absolute Gasteiger partial charge is 0.320 e. The summed E-state index contributed by atoms with van der Waals surface area (Å²) in [7, 11) is 0. The molecule has 1 N–H and O–H groups in total. The molecular weight excluding hydrogens is 214 g/mol. The SMILES string of the molecule is Cc1cccc(NC(=O)c2cnccn2)c1C. The van der Waals surface area contributed by atoms with Crippen LogP contribution < -0.4 is 5.32 Å². The number of nitrogens with zero attached hydrogens (tertiary/aromatic N) is 2. The number of benzene rings is 1. The molecule has 4 nitrogen and oxygen atoms in total. The van der Waals surface area contributed by atoms with Crippen LogP contribution in [0, 0.1) is 13.8 Å².